The van der Waals surface area contributed by atoms with E-state index in [0.29, 0.717) is 5.76 Å². The van der Waals surface area contributed by atoms with Crippen LogP contribution in [0.1, 0.15) is 17.7 Å². The molecule has 1 aliphatic rings. The lowest BCUT2D eigenvalue weighted by atomic mass is 10.1. The van der Waals surface area contributed by atoms with Crippen LogP contribution in [-0.4, -0.2) is 53.1 Å². The minimum absolute atomic E-state index is 0.00944. The zero-order valence-corrected chi connectivity index (χ0v) is 19.3. The fraction of sp³-hybridized carbons (Fsp3) is 0.333. The van der Waals surface area contributed by atoms with Crippen LogP contribution in [0.15, 0.2) is 62.7 Å². The number of H-pyrrole nitrogens is 1. The number of aromatic amines is 1. The Morgan fingerprint density at radius 2 is 1.94 bits per heavy atom. The number of amides is 2. The van der Waals surface area contributed by atoms with Crippen molar-refractivity contribution in [2.24, 2.45) is 5.92 Å². The Balaban J connectivity index is 1.64. The molecule has 0 aliphatic carbocycles. The Morgan fingerprint density at radius 3 is 2.63 bits per heavy atom. The van der Waals surface area contributed by atoms with Crippen LogP contribution in [-0.2, 0) is 27.4 Å². The van der Waals surface area contributed by atoms with Crippen molar-refractivity contribution in [3.05, 3.63) is 80.9 Å². The van der Waals surface area contributed by atoms with Gasteiger partial charge in [0.05, 0.1) is 31.9 Å². The van der Waals surface area contributed by atoms with Crippen molar-refractivity contribution >= 4 is 23.3 Å². The third kappa shape index (κ3) is 5.19. The topological polar surface area (TPSA) is 144 Å². The second-order valence-electron chi connectivity index (χ2n) is 8.30. The SMILES string of the molecule is COCCN(C(=O)C1CC(=O)N(Cc2ccco2)C1)c1c(N)n(Cc2ccccc2)c(=O)[nH]c1=O. The third-order valence-corrected chi connectivity index (χ3v) is 5.94. The van der Waals surface area contributed by atoms with Gasteiger partial charge in [0.2, 0.25) is 11.8 Å². The fourth-order valence-electron chi connectivity index (χ4n) is 4.18. The van der Waals surface area contributed by atoms with Gasteiger partial charge in [0, 0.05) is 26.6 Å². The Morgan fingerprint density at radius 1 is 1.17 bits per heavy atom. The number of benzene rings is 1. The first kappa shape index (κ1) is 24.0. The van der Waals surface area contributed by atoms with Crippen molar-refractivity contribution in [3.63, 3.8) is 0 Å². The number of aromatic nitrogens is 2. The van der Waals surface area contributed by atoms with Crippen LogP contribution in [0.25, 0.3) is 0 Å². The average molecular weight is 482 g/mol. The molecule has 3 heterocycles. The quantitative estimate of drug-likeness (QED) is 0.460. The molecule has 1 fully saturated rings. The number of hydrogen-bond acceptors (Lipinski definition) is 7. The molecule has 1 atom stereocenters. The number of rotatable bonds is 9. The standard InChI is InChI=1S/C24H27N5O6/c1-34-11-9-28(23(32)17-12-19(30)27(14-17)15-18-8-5-10-35-18)20-21(25)29(24(33)26-22(20)31)13-16-6-3-2-4-7-16/h2-8,10,17H,9,11-15,25H2,1H3,(H,26,31,33). The molecule has 3 N–H and O–H groups in total. The second kappa shape index (κ2) is 10.4. The number of nitrogens with one attached hydrogen (secondary N) is 1. The molecule has 1 aliphatic heterocycles. The van der Waals surface area contributed by atoms with Gasteiger partial charge in [-0.1, -0.05) is 30.3 Å². The number of ether oxygens (including phenoxy) is 1. The van der Waals surface area contributed by atoms with E-state index < -0.39 is 23.1 Å². The fourth-order valence-corrected chi connectivity index (χ4v) is 4.18. The van der Waals surface area contributed by atoms with E-state index in [4.69, 9.17) is 14.9 Å². The number of hydrogen-bond donors (Lipinski definition) is 2. The van der Waals surface area contributed by atoms with Crippen molar-refractivity contribution in [1.29, 1.82) is 0 Å². The van der Waals surface area contributed by atoms with Crippen LogP contribution in [0, 0.1) is 5.92 Å². The highest BCUT2D eigenvalue weighted by atomic mass is 16.5. The molecule has 184 valence electrons. The Labute approximate surface area is 200 Å². The molecule has 2 aromatic heterocycles. The molecular weight excluding hydrogens is 454 g/mol. The molecule has 1 unspecified atom stereocenters. The van der Waals surface area contributed by atoms with Gasteiger partial charge in [-0.2, -0.15) is 0 Å². The number of methoxy groups -OCH3 is 1. The molecule has 1 saturated heterocycles. The van der Waals surface area contributed by atoms with Crippen LogP contribution >= 0.6 is 0 Å². The average Bonchev–Trinajstić information content (AvgIpc) is 3.49. The lowest BCUT2D eigenvalue weighted by Crippen LogP contribution is -2.45. The minimum Gasteiger partial charge on any atom is -0.467 e. The third-order valence-electron chi connectivity index (χ3n) is 5.94. The van der Waals surface area contributed by atoms with Gasteiger partial charge >= 0.3 is 5.69 Å². The zero-order chi connectivity index (χ0) is 24.9. The van der Waals surface area contributed by atoms with E-state index in [1.54, 1.807) is 17.0 Å². The highest BCUT2D eigenvalue weighted by Gasteiger charge is 2.38. The van der Waals surface area contributed by atoms with E-state index in [-0.39, 0.29) is 56.6 Å². The molecule has 3 aromatic rings. The highest BCUT2D eigenvalue weighted by Crippen LogP contribution is 2.26. The molecule has 0 radical (unpaired) electrons. The molecule has 1 aromatic carbocycles. The van der Waals surface area contributed by atoms with Crippen molar-refractivity contribution in [2.75, 3.05) is 37.4 Å². The van der Waals surface area contributed by atoms with E-state index in [1.165, 1.54) is 22.8 Å². The van der Waals surface area contributed by atoms with Crippen molar-refractivity contribution in [3.8, 4) is 0 Å². The van der Waals surface area contributed by atoms with Gasteiger partial charge in [0.1, 0.15) is 11.6 Å². The number of furan rings is 1. The predicted molar refractivity (Wildman–Crippen MR) is 128 cm³/mol. The highest BCUT2D eigenvalue weighted by molar-refractivity contribution is 6.00. The summed E-state index contributed by atoms with van der Waals surface area (Å²) in [4.78, 5) is 56.6. The summed E-state index contributed by atoms with van der Waals surface area (Å²) in [5, 5.41) is 0. The van der Waals surface area contributed by atoms with Gasteiger partial charge in [-0.25, -0.2) is 4.79 Å². The Bertz CT molecular complexity index is 1300. The molecular formula is C24H27N5O6. The number of nitrogens with two attached hydrogens (primary N) is 1. The molecule has 11 heteroatoms. The molecule has 2 amide bonds. The Kier molecular flexibility index (Phi) is 7.16. The van der Waals surface area contributed by atoms with Gasteiger partial charge in [-0.3, -0.25) is 23.9 Å². The van der Waals surface area contributed by atoms with Crippen LogP contribution in [0.4, 0.5) is 11.5 Å². The van der Waals surface area contributed by atoms with Crippen LogP contribution in [0.3, 0.4) is 0 Å². The minimum atomic E-state index is -0.780. The maximum absolute atomic E-state index is 13.6. The second-order valence-corrected chi connectivity index (χ2v) is 8.30. The zero-order valence-electron chi connectivity index (χ0n) is 19.3. The van der Waals surface area contributed by atoms with E-state index in [9.17, 15) is 19.2 Å². The summed E-state index contributed by atoms with van der Waals surface area (Å²) < 4.78 is 11.7. The van der Waals surface area contributed by atoms with Gasteiger partial charge in [-0.15, -0.1) is 0 Å². The maximum atomic E-state index is 13.6. The summed E-state index contributed by atoms with van der Waals surface area (Å²) in [5.74, 6) is -0.857. The number of nitrogen functional groups attached to an aromatic ring is 1. The molecule has 35 heavy (non-hydrogen) atoms. The number of carbonyl (C=O) groups excluding carboxylic acids is 2. The van der Waals surface area contributed by atoms with E-state index in [1.807, 2.05) is 30.3 Å². The summed E-state index contributed by atoms with van der Waals surface area (Å²) in [6, 6.07) is 12.6. The summed E-state index contributed by atoms with van der Waals surface area (Å²) in [6.07, 6.45) is 1.51. The van der Waals surface area contributed by atoms with Gasteiger partial charge in [0.25, 0.3) is 5.56 Å². The molecule has 11 nitrogen and oxygen atoms in total. The lowest BCUT2D eigenvalue weighted by Gasteiger charge is -2.26. The normalized spacial score (nSPS) is 15.5. The van der Waals surface area contributed by atoms with Crippen molar-refractivity contribution in [2.45, 2.75) is 19.5 Å². The lowest BCUT2D eigenvalue weighted by molar-refractivity contribution is -0.129. The molecule has 0 bridgehead atoms. The van der Waals surface area contributed by atoms with Gasteiger partial charge in [0.15, 0.2) is 5.69 Å². The van der Waals surface area contributed by atoms with E-state index in [0.717, 1.165) is 5.56 Å². The first-order valence-electron chi connectivity index (χ1n) is 11.2. The largest absolute Gasteiger partial charge is 0.467 e. The first-order valence-corrected chi connectivity index (χ1v) is 11.2. The van der Waals surface area contributed by atoms with Crippen LogP contribution < -0.4 is 21.9 Å². The molecule has 0 spiro atoms. The van der Waals surface area contributed by atoms with E-state index >= 15 is 0 Å². The van der Waals surface area contributed by atoms with Crippen molar-refractivity contribution in [1.82, 2.24) is 14.5 Å². The number of likely N-dealkylation sites (tertiary alicyclic amines) is 1. The first-order chi connectivity index (χ1) is 16.9. The predicted octanol–water partition coefficient (Wildman–Crippen LogP) is 0.788. The van der Waals surface area contributed by atoms with Crippen molar-refractivity contribution < 1.29 is 18.7 Å². The van der Waals surface area contributed by atoms with Gasteiger partial charge in [-0.05, 0) is 17.7 Å². The summed E-state index contributed by atoms with van der Waals surface area (Å²) in [7, 11) is 1.47. The van der Waals surface area contributed by atoms with E-state index in [2.05, 4.69) is 4.98 Å². The van der Waals surface area contributed by atoms with Crippen LogP contribution in [0.5, 0.6) is 0 Å². The maximum Gasteiger partial charge on any atom is 0.330 e. The molecule has 0 saturated carbocycles. The summed E-state index contributed by atoms with van der Waals surface area (Å²) in [6.45, 7) is 0.677. The Hall–Kier alpha value is -4.12. The molecule has 4 rings (SSSR count). The monoisotopic (exact) mass is 481 g/mol. The number of carbonyl (C=O) groups is 2. The van der Waals surface area contributed by atoms with Gasteiger partial charge < -0.3 is 24.7 Å². The smallest absolute Gasteiger partial charge is 0.330 e. The number of nitrogens with zero attached hydrogens (tertiary/aromatic N) is 3. The summed E-state index contributed by atoms with van der Waals surface area (Å²) >= 11 is 0. The number of anilines is 2. The van der Waals surface area contributed by atoms with Crippen LogP contribution in [0.2, 0.25) is 0 Å². The summed E-state index contributed by atoms with van der Waals surface area (Å²) in [5.41, 5.74) is 5.50.